The topological polar surface area (TPSA) is 183 Å². The maximum absolute atomic E-state index is 15.1. The van der Waals surface area contributed by atoms with Gasteiger partial charge in [-0.3, -0.25) is 4.79 Å². The van der Waals surface area contributed by atoms with Gasteiger partial charge in [-0.2, -0.15) is 9.37 Å². The normalized spacial score (nSPS) is 31.2. The van der Waals surface area contributed by atoms with Crippen LogP contribution in [-0.4, -0.2) is 68.2 Å². The van der Waals surface area contributed by atoms with Crippen LogP contribution < -0.4 is 17.2 Å². The molecule has 1 aromatic rings. The Morgan fingerprint density at radius 1 is 1.46 bits per heavy atom. The summed E-state index contributed by atoms with van der Waals surface area (Å²) in [7, 11) is 0. The van der Waals surface area contributed by atoms with Gasteiger partial charge in [0.25, 0.3) is 5.85 Å². The second-order valence-corrected chi connectivity index (χ2v) is 6.78. The van der Waals surface area contributed by atoms with Gasteiger partial charge in [0.05, 0.1) is 6.61 Å². The fourth-order valence-electron chi connectivity index (χ4n) is 2.74. The molecule has 1 saturated heterocycles. The minimum atomic E-state index is -3.29. The first-order valence-corrected chi connectivity index (χ1v) is 8.23. The van der Waals surface area contributed by atoms with Crippen molar-refractivity contribution in [1.29, 1.82) is 0 Å². The van der Waals surface area contributed by atoms with Crippen molar-refractivity contribution in [3.63, 3.8) is 0 Å². The largest absolute Gasteiger partial charge is 0.458 e. The summed E-state index contributed by atoms with van der Waals surface area (Å²) < 4.78 is 39.0. The number of nitrogen functional groups attached to an aromatic ring is 1. The van der Waals surface area contributed by atoms with Crippen molar-refractivity contribution in [2.75, 3.05) is 18.9 Å². The zero-order valence-electron chi connectivity index (χ0n) is 15.1. The van der Waals surface area contributed by atoms with Gasteiger partial charge in [0.2, 0.25) is 11.7 Å². The Morgan fingerprint density at radius 2 is 2.07 bits per heavy atom. The summed E-state index contributed by atoms with van der Waals surface area (Å²) in [6, 6.07) is -0.530. The number of esters is 1. The highest BCUT2D eigenvalue weighted by atomic mass is 19.2. The van der Waals surface area contributed by atoms with E-state index in [1.807, 2.05) is 0 Å². The Kier molecular flexibility index (Phi) is 6.06. The Labute approximate surface area is 157 Å². The molecule has 0 unspecified atom stereocenters. The molecule has 1 fully saturated rings. The zero-order chi connectivity index (χ0) is 21.4. The van der Waals surface area contributed by atoms with E-state index in [1.165, 1.54) is 0 Å². The lowest BCUT2D eigenvalue weighted by molar-refractivity contribution is -0.261. The van der Waals surface area contributed by atoms with Crippen LogP contribution in [0.1, 0.15) is 13.8 Å². The Bertz CT molecular complexity index is 807. The van der Waals surface area contributed by atoms with E-state index < -0.39 is 66.5 Å². The van der Waals surface area contributed by atoms with Gasteiger partial charge in [-0.05, 0) is 5.92 Å². The first kappa shape index (κ1) is 22.1. The molecule has 158 valence electrons. The maximum Gasteiger partial charge on any atom is 0.354 e. The van der Waals surface area contributed by atoms with Crippen molar-refractivity contribution in [2.45, 2.75) is 43.7 Å². The van der Waals surface area contributed by atoms with Crippen LogP contribution in [0.15, 0.2) is 10.9 Å². The van der Waals surface area contributed by atoms with E-state index in [4.69, 9.17) is 20.9 Å². The number of aliphatic hydroxyl groups excluding tert-OH is 3. The molecule has 1 aliphatic rings. The van der Waals surface area contributed by atoms with E-state index in [-0.39, 0.29) is 10.5 Å². The van der Waals surface area contributed by atoms with E-state index in [2.05, 4.69) is 4.98 Å². The molecule has 0 spiro atoms. The van der Waals surface area contributed by atoms with Crippen LogP contribution in [0.4, 0.5) is 14.6 Å². The molecule has 5 atom stereocenters. The number of nitrogens with two attached hydrogens (primary N) is 2. The number of alkyl halides is 1. The van der Waals surface area contributed by atoms with Gasteiger partial charge in [0, 0.05) is 6.07 Å². The molecular formula is C15H22F2N4O7. The number of nitrogens with zero attached hydrogens (tertiary/aromatic N) is 2. The standard InChI is InChI=1S/C15H22F2N4O7/c1-6(2)9(19)12(25)27-5-14(17)10(23)11(24)15(4-22,28-14)21-7(16)3-8(18)20-13(21)26/h3,6,9-11,22-24H,4-5,19H2,1-2H3,(H2,18,20,26)/t9-,10-,11+,14+,15+/m0/s1. The molecule has 2 rings (SSSR count). The summed E-state index contributed by atoms with van der Waals surface area (Å²) in [6.45, 7) is 0.646. The number of hydrogen-bond donors (Lipinski definition) is 5. The predicted octanol–water partition coefficient (Wildman–Crippen LogP) is -2.45. The molecule has 11 nitrogen and oxygen atoms in total. The molecular weight excluding hydrogens is 386 g/mol. The Hall–Kier alpha value is -2.19. The first-order valence-electron chi connectivity index (χ1n) is 8.23. The highest BCUT2D eigenvalue weighted by Crippen LogP contribution is 2.42. The SMILES string of the molecule is CC(C)[C@H](N)C(=O)OC[C@@]1(F)O[C@@](CO)(n2c(F)cc(N)nc2=O)[C@H](O)[C@@H]1O. The fourth-order valence-corrected chi connectivity index (χ4v) is 2.74. The number of halogens is 2. The van der Waals surface area contributed by atoms with E-state index in [0.717, 1.165) is 0 Å². The van der Waals surface area contributed by atoms with Gasteiger partial charge >= 0.3 is 11.7 Å². The molecule has 0 bridgehead atoms. The molecule has 0 radical (unpaired) electrons. The van der Waals surface area contributed by atoms with Gasteiger partial charge in [-0.1, -0.05) is 13.8 Å². The second-order valence-electron chi connectivity index (χ2n) is 6.78. The predicted molar refractivity (Wildman–Crippen MR) is 88.6 cm³/mol. The van der Waals surface area contributed by atoms with Crippen LogP contribution in [0, 0.1) is 11.9 Å². The lowest BCUT2D eigenvalue weighted by atomic mass is 10.0. The van der Waals surface area contributed by atoms with Crippen molar-refractivity contribution in [1.82, 2.24) is 9.55 Å². The van der Waals surface area contributed by atoms with Crippen molar-refractivity contribution in [2.24, 2.45) is 11.7 Å². The third-order valence-electron chi connectivity index (χ3n) is 4.45. The van der Waals surface area contributed by atoms with Crippen molar-refractivity contribution < 1.29 is 38.4 Å². The van der Waals surface area contributed by atoms with Gasteiger partial charge in [-0.25, -0.2) is 13.8 Å². The number of anilines is 1. The van der Waals surface area contributed by atoms with Crippen LogP contribution in [0.25, 0.3) is 0 Å². The van der Waals surface area contributed by atoms with Crippen molar-refractivity contribution in [3.8, 4) is 0 Å². The minimum Gasteiger partial charge on any atom is -0.458 e. The third kappa shape index (κ3) is 3.58. The molecule has 1 aromatic heterocycles. The molecule has 2 heterocycles. The zero-order valence-corrected chi connectivity index (χ0v) is 15.1. The lowest BCUT2D eigenvalue weighted by Gasteiger charge is -2.32. The van der Waals surface area contributed by atoms with Crippen LogP contribution in [0.2, 0.25) is 0 Å². The van der Waals surface area contributed by atoms with E-state index in [1.54, 1.807) is 13.8 Å². The van der Waals surface area contributed by atoms with Crippen molar-refractivity contribution >= 4 is 11.8 Å². The molecule has 13 heteroatoms. The molecule has 0 aliphatic carbocycles. The highest BCUT2D eigenvalue weighted by Gasteiger charge is 2.65. The van der Waals surface area contributed by atoms with Crippen molar-refractivity contribution in [3.05, 3.63) is 22.5 Å². The van der Waals surface area contributed by atoms with E-state index >= 15 is 4.39 Å². The van der Waals surface area contributed by atoms with Gasteiger partial charge in [0.1, 0.15) is 24.1 Å². The smallest absolute Gasteiger partial charge is 0.354 e. The average molecular weight is 408 g/mol. The maximum atomic E-state index is 15.1. The Morgan fingerprint density at radius 3 is 2.57 bits per heavy atom. The fraction of sp³-hybridized carbons (Fsp3) is 0.667. The minimum absolute atomic E-state index is 0.0141. The summed E-state index contributed by atoms with van der Waals surface area (Å²) in [4.78, 5) is 27.1. The monoisotopic (exact) mass is 408 g/mol. The molecule has 28 heavy (non-hydrogen) atoms. The number of aromatic nitrogens is 2. The molecule has 0 saturated carbocycles. The summed E-state index contributed by atoms with van der Waals surface area (Å²) >= 11 is 0. The number of hydrogen-bond acceptors (Lipinski definition) is 10. The van der Waals surface area contributed by atoms with Crippen LogP contribution >= 0.6 is 0 Å². The number of ether oxygens (including phenoxy) is 2. The number of aliphatic hydroxyl groups is 3. The van der Waals surface area contributed by atoms with Crippen LogP contribution in [0.3, 0.4) is 0 Å². The van der Waals surface area contributed by atoms with Crippen LogP contribution in [0.5, 0.6) is 0 Å². The average Bonchev–Trinajstić information content (AvgIpc) is 2.80. The number of rotatable bonds is 6. The summed E-state index contributed by atoms with van der Waals surface area (Å²) in [5.41, 5.74) is 6.60. The molecule has 0 amide bonds. The van der Waals surface area contributed by atoms with E-state index in [0.29, 0.717) is 6.07 Å². The quantitative estimate of drug-likeness (QED) is 0.250. The third-order valence-corrected chi connectivity index (χ3v) is 4.45. The molecule has 1 aliphatic heterocycles. The first-order chi connectivity index (χ1) is 12.9. The van der Waals surface area contributed by atoms with Gasteiger partial charge < -0.3 is 36.3 Å². The van der Waals surface area contributed by atoms with Crippen LogP contribution in [-0.2, 0) is 20.0 Å². The van der Waals surface area contributed by atoms with E-state index in [9.17, 15) is 29.3 Å². The van der Waals surface area contributed by atoms with Gasteiger partial charge in [0.15, 0.2) is 6.61 Å². The summed E-state index contributed by atoms with van der Waals surface area (Å²) in [5, 5.41) is 30.0. The summed E-state index contributed by atoms with van der Waals surface area (Å²) in [5.74, 6) is -6.57. The summed E-state index contributed by atoms with van der Waals surface area (Å²) in [6.07, 6.45) is -4.76. The Balaban J connectivity index is 2.38. The number of carbonyl (C=O) groups is 1. The number of carbonyl (C=O) groups excluding carboxylic acids is 1. The lowest BCUT2D eigenvalue weighted by Crippen LogP contribution is -2.54. The molecule has 7 N–H and O–H groups in total. The highest BCUT2D eigenvalue weighted by molar-refractivity contribution is 5.75. The van der Waals surface area contributed by atoms with Gasteiger partial charge in [-0.15, -0.1) is 0 Å². The molecule has 0 aromatic carbocycles. The second kappa shape index (κ2) is 7.67.